The van der Waals surface area contributed by atoms with Crippen LogP contribution in [0.15, 0.2) is 72.8 Å². The van der Waals surface area contributed by atoms with Crippen LogP contribution in [0.4, 0.5) is 4.11 Å². The molecule has 1 heterocycles. The van der Waals surface area contributed by atoms with Crippen LogP contribution in [0.3, 0.4) is 0 Å². The van der Waals surface area contributed by atoms with E-state index in [1.165, 1.54) is 27.8 Å². The molecule has 1 saturated heterocycles. The minimum absolute atomic E-state index is 0.471. The summed E-state index contributed by atoms with van der Waals surface area (Å²) >= 11 is 6.13. The third-order valence-corrected chi connectivity index (χ3v) is 10.4. The zero-order valence-electron chi connectivity index (χ0n) is 17.0. The van der Waals surface area contributed by atoms with Gasteiger partial charge in [0.15, 0.2) is 0 Å². The zero-order valence-corrected chi connectivity index (χ0v) is 18.8. The van der Waals surface area contributed by atoms with E-state index in [4.69, 9.17) is 11.6 Å². The fraction of sp³-hybridized carbons (Fsp3) is 0.308. The number of hydrogen-bond donors (Lipinski definition) is 0. The normalized spacial score (nSPS) is 21.8. The Bertz CT molecular complexity index is 944. The van der Waals surface area contributed by atoms with Gasteiger partial charge < -0.3 is 4.11 Å². The van der Waals surface area contributed by atoms with Crippen molar-refractivity contribution in [2.75, 3.05) is 0 Å². The van der Waals surface area contributed by atoms with Gasteiger partial charge in [-0.2, -0.15) is 0 Å². The second-order valence-electron chi connectivity index (χ2n) is 8.35. The van der Waals surface area contributed by atoms with E-state index in [0.717, 1.165) is 42.4 Å². The first kappa shape index (κ1) is 20.4. The first-order chi connectivity index (χ1) is 14.1. The zero-order chi connectivity index (χ0) is 20.3. The lowest BCUT2D eigenvalue weighted by Gasteiger charge is -2.32. The number of benzene rings is 3. The highest BCUT2D eigenvalue weighted by Crippen LogP contribution is 2.43. The van der Waals surface area contributed by atoms with Gasteiger partial charge in [0.05, 0.1) is 0 Å². The van der Waals surface area contributed by atoms with Gasteiger partial charge in [0.2, 0.25) is 8.41 Å². The molecule has 0 bridgehead atoms. The topological polar surface area (TPSA) is 0 Å². The molecule has 0 aromatic heterocycles. The molecule has 0 radical (unpaired) electrons. The molecule has 0 saturated carbocycles. The van der Waals surface area contributed by atoms with Gasteiger partial charge in [-0.25, -0.2) is 0 Å². The van der Waals surface area contributed by atoms with Gasteiger partial charge in [-0.1, -0.05) is 85.6 Å². The van der Waals surface area contributed by atoms with Crippen molar-refractivity contribution in [3.8, 4) is 22.3 Å². The fourth-order valence-corrected chi connectivity index (χ4v) is 8.22. The smallest absolute Gasteiger partial charge is 0.247 e. The second kappa shape index (κ2) is 8.85. The van der Waals surface area contributed by atoms with E-state index in [9.17, 15) is 0 Å². The van der Waals surface area contributed by atoms with Crippen molar-refractivity contribution in [2.45, 2.75) is 50.2 Å². The van der Waals surface area contributed by atoms with Crippen LogP contribution in [0.5, 0.6) is 0 Å². The van der Waals surface area contributed by atoms with Crippen molar-refractivity contribution >= 4 is 20.0 Å². The highest BCUT2D eigenvalue weighted by atomic mass is 35.5. The molecule has 3 heteroatoms. The van der Waals surface area contributed by atoms with E-state index in [1.54, 1.807) is 0 Å². The Morgan fingerprint density at radius 3 is 2.17 bits per heavy atom. The highest BCUT2D eigenvalue weighted by Gasteiger charge is 2.38. The largest absolute Gasteiger partial charge is 0.314 e. The molecule has 0 unspecified atom stereocenters. The molecule has 1 fully saturated rings. The maximum Gasteiger partial charge on any atom is 0.247 e. The van der Waals surface area contributed by atoms with Gasteiger partial charge in [0.1, 0.15) is 0 Å². The van der Waals surface area contributed by atoms with E-state index in [0.29, 0.717) is 5.92 Å². The predicted octanol–water partition coefficient (Wildman–Crippen LogP) is 8.88. The lowest BCUT2D eigenvalue weighted by Crippen LogP contribution is -2.32. The minimum Gasteiger partial charge on any atom is -0.314 e. The molecule has 0 spiro atoms. The fourth-order valence-electron chi connectivity index (χ4n) is 4.72. The SMILES string of the molecule is CCC[Si]1(F)CCC(c2ccc(-c3ccccc3)c(-c3ccc(Cl)cc3)c2)CC1. The van der Waals surface area contributed by atoms with Gasteiger partial charge in [-0.15, -0.1) is 0 Å². The Morgan fingerprint density at radius 1 is 0.862 bits per heavy atom. The summed E-state index contributed by atoms with van der Waals surface area (Å²) in [6.07, 6.45) is 2.97. The van der Waals surface area contributed by atoms with Crippen LogP contribution >= 0.6 is 11.6 Å². The Hall–Kier alpha value is -1.90. The van der Waals surface area contributed by atoms with Crippen molar-refractivity contribution in [3.63, 3.8) is 0 Å². The lowest BCUT2D eigenvalue weighted by molar-refractivity contribution is 0.554. The molecule has 150 valence electrons. The average molecular weight is 423 g/mol. The van der Waals surface area contributed by atoms with Crippen LogP contribution in [0, 0.1) is 0 Å². The number of hydrogen-bond acceptors (Lipinski definition) is 0. The molecule has 29 heavy (non-hydrogen) atoms. The van der Waals surface area contributed by atoms with Crippen LogP contribution < -0.4 is 0 Å². The number of rotatable bonds is 5. The van der Waals surface area contributed by atoms with Gasteiger partial charge in [0, 0.05) is 5.02 Å². The third kappa shape index (κ3) is 4.65. The molecule has 1 aliphatic rings. The Labute approximate surface area is 179 Å². The van der Waals surface area contributed by atoms with Gasteiger partial charge in [0.25, 0.3) is 0 Å². The average Bonchev–Trinajstić information content (AvgIpc) is 2.75. The molecule has 4 rings (SSSR count). The predicted molar refractivity (Wildman–Crippen MR) is 126 cm³/mol. The van der Waals surface area contributed by atoms with Crippen molar-refractivity contribution in [3.05, 3.63) is 83.4 Å². The molecule has 3 aromatic carbocycles. The van der Waals surface area contributed by atoms with E-state index in [2.05, 4.69) is 61.5 Å². The summed E-state index contributed by atoms with van der Waals surface area (Å²) < 4.78 is 15.1. The maximum absolute atomic E-state index is 15.1. The van der Waals surface area contributed by atoms with Crippen molar-refractivity contribution in [1.82, 2.24) is 0 Å². The van der Waals surface area contributed by atoms with Crippen LogP contribution in [0.1, 0.15) is 37.7 Å². The first-order valence-corrected chi connectivity index (χ1v) is 13.6. The molecule has 3 aromatic rings. The van der Waals surface area contributed by atoms with Crippen LogP contribution in [0.25, 0.3) is 22.3 Å². The van der Waals surface area contributed by atoms with Crippen molar-refractivity contribution < 1.29 is 4.11 Å². The van der Waals surface area contributed by atoms with Crippen LogP contribution in [-0.4, -0.2) is 8.41 Å². The highest BCUT2D eigenvalue weighted by molar-refractivity contribution is 6.73. The van der Waals surface area contributed by atoms with Crippen LogP contribution in [-0.2, 0) is 0 Å². The summed E-state index contributed by atoms with van der Waals surface area (Å²) in [5.41, 5.74) is 6.19. The van der Waals surface area contributed by atoms with E-state index >= 15 is 4.11 Å². The maximum atomic E-state index is 15.1. The molecular weight excluding hydrogens is 395 g/mol. The standard InChI is InChI=1S/C26H28ClFSi/c1-2-16-29(28)17-14-20(15-18-29)23-10-13-25(21-6-4-3-5-7-21)26(19-23)22-8-11-24(27)12-9-22/h3-13,19-20H,2,14-18H2,1H3. The quantitative estimate of drug-likeness (QED) is 0.284. The number of halogens is 2. The molecular formula is C26H28ClFSi. The molecule has 1 aliphatic heterocycles. The second-order valence-corrected chi connectivity index (χ2v) is 12.6. The van der Waals surface area contributed by atoms with E-state index in [1.807, 2.05) is 18.2 Å². The Balaban J connectivity index is 1.69. The van der Waals surface area contributed by atoms with E-state index in [-0.39, 0.29) is 0 Å². The summed E-state index contributed by atoms with van der Waals surface area (Å²) in [5, 5.41) is 0.749. The summed E-state index contributed by atoms with van der Waals surface area (Å²) in [5.74, 6) is 0.471. The molecule has 0 atom stereocenters. The molecule has 0 amide bonds. The summed E-state index contributed by atoms with van der Waals surface area (Å²) in [6, 6.07) is 27.9. The Kier molecular flexibility index (Phi) is 6.22. The molecule has 0 N–H and O–H groups in total. The lowest BCUT2D eigenvalue weighted by atomic mass is 9.87. The summed E-state index contributed by atoms with van der Waals surface area (Å²) in [7, 11) is -2.47. The van der Waals surface area contributed by atoms with Gasteiger partial charge in [-0.05, 0) is 76.8 Å². The van der Waals surface area contributed by atoms with E-state index < -0.39 is 8.41 Å². The minimum atomic E-state index is -2.47. The monoisotopic (exact) mass is 422 g/mol. The third-order valence-electron chi connectivity index (χ3n) is 6.33. The molecule has 0 aliphatic carbocycles. The van der Waals surface area contributed by atoms with Crippen molar-refractivity contribution in [1.29, 1.82) is 0 Å². The summed E-state index contributed by atoms with van der Waals surface area (Å²) in [6.45, 7) is 2.11. The van der Waals surface area contributed by atoms with Crippen molar-refractivity contribution in [2.24, 2.45) is 0 Å². The van der Waals surface area contributed by atoms with Gasteiger partial charge in [-0.3, -0.25) is 0 Å². The summed E-state index contributed by atoms with van der Waals surface area (Å²) in [4.78, 5) is 0. The molecule has 0 nitrogen and oxygen atoms in total. The Morgan fingerprint density at radius 2 is 1.52 bits per heavy atom. The van der Waals surface area contributed by atoms with Gasteiger partial charge >= 0.3 is 0 Å². The van der Waals surface area contributed by atoms with Crippen LogP contribution in [0.2, 0.25) is 23.2 Å². The first-order valence-electron chi connectivity index (χ1n) is 10.7.